The van der Waals surface area contributed by atoms with Gasteiger partial charge in [-0.15, -0.1) is 6.42 Å². The standard InChI is InChI=1S/C29H36F3N5O2/c1-5-7-27(22(6-2)16-33)35-10-8-23(9-11-35)34-26-15-25(20(3)14-21(26)4)28(39)36-12-13-37(19-29(30,31)32)24(17-36)18-38/h1,6-7,14-15,23-24,34,38H,8-13,17-19H2,2-4H3/b22-6-,27-7+/t24-/m0/s1. The van der Waals surface area contributed by atoms with Crippen molar-refractivity contribution >= 4 is 11.6 Å². The summed E-state index contributed by atoms with van der Waals surface area (Å²) in [5.41, 5.74) is 4.39. The second kappa shape index (κ2) is 13.1. The summed E-state index contributed by atoms with van der Waals surface area (Å²) in [6.45, 7) is 5.72. The number of aliphatic hydroxyl groups excluding tert-OH is 1. The van der Waals surface area contributed by atoms with Crippen molar-refractivity contribution in [3.63, 3.8) is 0 Å². The number of hydrogen-bond donors (Lipinski definition) is 2. The lowest BCUT2D eigenvalue weighted by Crippen LogP contribution is -2.58. The molecule has 2 aliphatic heterocycles. The fraction of sp³-hybridized carbons (Fsp3) is 0.517. The van der Waals surface area contributed by atoms with Crippen LogP contribution in [0.1, 0.15) is 41.3 Å². The first-order valence-corrected chi connectivity index (χ1v) is 13.1. The maximum atomic E-state index is 13.4. The highest BCUT2D eigenvalue weighted by Gasteiger charge is 2.37. The minimum atomic E-state index is -4.37. The summed E-state index contributed by atoms with van der Waals surface area (Å²) in [5, 5.41) is 22.7. The van der Waals surface area contributed by atoms with E-state index in [2.05, 4.69) is 22.2 Å². The van der Waals surface area contributed by atoms with Gasteiger partial charge in [0.1, 0.15) is 6.07 Å². The van der Waals surface area contributed by atoms with Crippen LogP contribution in [0.25, 0.3) is 0 Å². The Labute approximate surface area is 228 Å². The molecule has 2 aliphatic rings. The highest BCUT2D eigenvalue weighted by molar-refractivity contribution is 5.97. The molecule has 0 saturated carbocycles. The summed E-state index contributed by atoms with van der Waals surface area (Å²) in [4.78, 5) is 18.3. The number of allylic oxidation sites excluding steroid dienone is 3. The van der Waals surface area contributed by atoms with E-state index in [4.69, 9.17) is 6.42 Å². The second-order valence-electron chi connectivity index (χ2n) is 10.1. The maximum absolute atomic E-state index is 13.4. The molecule has 1 atom stereocenters. The molecule has 2 saturated heterocycles. The Hall–Kier alpha value is -3.47. The number of aryl methyl sites for hydroxylation is 2. The van der Waals surface area contributed by atoms with Gasteiger partial charge in [-0.05, 0) is 50.8 Å². The average Bonchev–Trinajstić information content (AvgIpc) is 2.90. The predicted molar refractivity (Wildman–Crippen MR) is 145 cm³/mol. The Morgan fingerprint density at radius 3 is 2.44 bits per heavy atom. The Bertz CT molecular complexity index is 1190. The molecule has 0 spiro atoms. The number of halogens is 3. The van der Waals surface area contributed by atoms with Crippen molar-refractivity contribution in [3.8, 4) is 18.4 Å². The van der Waals surface area contributed by atoms with E-state index in [1.54, 1.807) is 12.2 Å². The summed E-state index contributed by atoms with van der Waals surface area (Å²) in [7, 11) is 0. The molecule has 210 valence electrons. The third kappa shape index (κ3) is 7.56. The van der Waals surface area contributed by atoms with Gasteiger partial charge >= 0.3 is 6.18 Å². The van der Waals surface area contributed by atoms with Gasteiger partial charge in [0.15, 0.2) is 0 Å². The average molecular weight is 544 g/mol. The summed E-state index contributed by atoms with van der Waals surface area (Å²) in [6.07, 6.45) is 6.11. The molecular weight excluding hydrogens is 507 g/mol. The number of nitrogens with one attached hydrogen (secondary N) is 1. The zero-order chi connectivity index (χ0) is 28.7. The number of likely N-dealkylation sites (tertiary alicyclic amines) is 1. The van der Waals surface area contributed by atoms with Crippen LogP contribution in [0.4, 0.5) is 18.9 Å². The van der Waals surface area contributed by atoms with E-state index < -0.39 is 25.4 Å². The van der Waals surface area contributed by atoms with Crippen molar-refractivity contribution in [2.75, 3.05) is 51.2 Å². The zero-order valence-corrected chi connectivity index (χ0v) is 22.7. The van der Waals surface area contributed by atoms with Crippen LogP contribution in [0.2, 0.25) is 0 Å². The number of amides is 1. The van der Waals surface area contributed by atoms with Crippen molar-refractivity contribution < 1.29 is 23.1 Å². The summed E-state index contributed by atoms with van der Waals surface area (Å²) in [6, 6.07) is 5.34. The Balaban J connectivity index is 1.70. The number of carbonyl (C=O) groups is 1. The number of piperidine rings is 1. The molecule has 2 heterocycles. The molecule has 1 aromatic rings. The quantitative estimate of drug-likeness (QED) is 0.309. The summed E-state index contributed by atoms with van der Waals surface area (Å²) >= 11 is 0. The lowest BCUT2D eigenvalue weighted by molar-refractivity contribution is -0.156. The van der Waals surface area contributed by atoms with Crippen LogP contribution in [-0.4, -0.2) is 89.8 Å². The molecule has 0 aliphatic carbocycles. The molecule has 7 nitrogen and oxygen atoms in total. The lowest BCUT2D eigenvalue weighted by Gasteiger charge is -2.41. The molecule has 3 rings (SSSR count). The normalized spacial score (nSPS) is 20.0. The topological polar surface area (TPSA) is 82.8 Å². The number of terminal acetylenes is 1. The second-order valence-corrected chi connectivity index (χ2v) is 10.1. The SMILES string of the molecule is C#C/C=C(\C(C#N)=C/C)N1CCC(Nc2cc(C(=O)N3CCN(CC(F)(F)F)[C@H](CO)C3)c(C)cc2C)CC1. The van der Waals surface area contributed by atoms with Gasteiger partial charge in [0, 0.05) is 56.1 Å². The van der Waals surface area contributed by atoms with Crippen molar-refractivity contribution in [1.82, 2.24) is 14.7 Å². The van der Waals surface area contributed by atoms with Crippen LogP contribution >= 0.6 is 0 Å². The largest absolute Gasteiger partial charge is 0.401 e. The number of hydrogen-bond acceptors (Lipinski definition) is 6. The van der Waals surface area contributed by atoms with Crippen molar-refractivity contribution in [2.45, 2.75) is 51.9 Å². The van der Waals surface area contributed by atoms with Gasteiger partial charge in [0.25, 0.3) is 5.91 Å². The molecule has 10 heteroatoms. The Morgan fingerprint density at radius 2 is 1.87 bits per heavy atom. The molecule has 0 unspecified atom stereocenters. The number of alkyl halides is 3. The summed E-state index contributed by atoms with van der Waals surface area (Å²) < 4.78 is 38.8. The number of benzene rings is 1. The predicted octanol–water partition coefficient (Wildman–Crippen LogP) is 3.85. The summed E-state index contributed by atoms with van der Waals surface area (Å²) in [5.74, 6) is 2.27. The third-order valence-electron chi connectivity index (χ3n) is 7.39. The molecule has 1 aromatic carbocycles. The molecule has 0 radical (unpaired) electrons. The van der Waals surface area contributed by atoms with Crippen LogP contribution in [0.3, 0.4) is 0 Å². The number of nitriles is 1. The van der Waals surface area contributed by atoms with Crippen molar-refractivity contribution in [3.05, 3.63) is 52.2 Å². The first-order chi connectivity index (χ1) is 18.5. The number of carbonyl (C=O) groups excluding carboxylic acids is 1. The van der Waals surface area contributed by atoms with Gasteiger partial charge in [-0.2, -0.15) is 18.4 Å². The highest BCUT2D eigenvalue weighted by Crippen LogP contribution is 2.28. The van der Waals surface area contributed by atoms with E-state index in [0.717, 1.165) is 35.4 Å². The van der Waals surface area contributed by atoms with Gasteiger partial charge in [0.05, 0.1) is 30.5 Å². The minimum Gasteiger partial charge on any atom is -0.395 e. The lowest BCUT2D eigenvalue weighted by atomic mass is 9.98. The number of piperazine rings is 1. The van der Waals surface area contributed by atoms with Gasteiger partial charge in [-0.1, -0.05) is 18.1 Å². The van der Waals surface area contributed by atoms with Gasteiger partial charge in [-0.3, -0.25) is 9.69 Å². The molecule has 2 fully saturated rings. The molecule has 0 aromatic heterocycles. The van der Waals surface area contributed by atoms with Crippen LogP contribution in [0, 0.1) is 37.5 Å². The first kappa shape index (κ1) is 30.1. The third-order valence-corrected chi connectivity index (χ3v) is 7.39. The van der Waals surface area contributed by atoms with E-state index in [0.29, 0.717) is 24.2 Å². The van der Waals surface area contributed by atoms with E-state index in [1.807, 2.05) is 32.9 Å². The maximum Gasteiger partial charge on any atom is 0.401 e. The van der Waals surface area contributed by atoms with Crippen molar-refractivity contribution in [2.24, 2.45) is 0 Å². The van der Waals surface area contributed by atoms with Crippen LogP contribution in [0.15, 0.2) is 35.6 Å². The number of aliphatic hydroxyl groups is 1. The Morgan fingerprint density at radius 1 is 1.18 bits per heavy atom. The van der Waals surface area contributed by atoms with Crippen LogP contribution in [0.5, 0.6) is 0 Å². The highest BCUT2D eigenvalue weighted by atomic mass is 19.4. The van der Waals surface area contributed by atoms with Crippen molar-refractivity contribution in [1.29, 1.82) is 5.26 Å². The number of nitrogens with zero attached hydrogens (tertiary/aromatic N) is 4. The fourth-order valence-electron chi connectivity index (χ4n) is 5.27. The molecule has 39 heavy (non-hydrogen) atoms. The van der Waals surface area contributed by atoms with E-state index in [1.165, 1.54) is 9.80 Å². The molecule has 2 N–H and O–H groups in total. The molecule has 1 amide bonds. The van der Waals surface area contributed by atoms with Gasteiger partial charge in [-0.25, -0.2) is 0 Å². The first-order valence-electron chi connectivity index (χ1n) is 13.1. The molecule has 0 bridgehead atoms. The van der Waals surface area contributed by atoms with E-state index in [-0.39, 0.29) is 31.6 Å². The van der Waals surface area contributed by atoms with E-state index >= 15 is 0 Å². The van der Waals surface area contributed by atoms with Crippen LogP contribution in [-0.2, 0) is 0 Å². The van der Waals surface area contributed by atoms with Gasteiger partial charge < -0.3 is 20.2 Å². The van der Waals surface area contributed by atoms with Gasteiger partial charge in [0.2, 0.25) is 0 Å². The minimum absolute atomic E-state index is 0.0321. The smallest absolute Gasteiger partial charge is 0.395 e. The van der Waals surface area contributed by atoms with Crippen LogP contribution < -0.4 is 5.32 Å². The van der Waals surface area contributed by atoms with E-state index in [9.17, 15) is 28.3 Å². The monoisotopic (exact) mass is 543 g/mol. The number of rotatable bonds is 7. The molecular formula is C29H36F3N5O2. The fourth-order valence-corrected chi connectivity index (χ4v) is 5.27. The zero-order valence-electron chi connectivity index (χ0n) is 22.7. The number of anilines is 1. The Kier molecular flexibility index (Phi) is 10.1.